The van der Waals surface area contributed by atoms with Crippen LogP contribution in [-0.4, -0.2) is 68.4 Å². The van der Waals surface area contributed by atoms with Crippen molar-refractivity contribution in [3.63, 3.8) is 0 Å². The number of unbranched alkanes of at least 4 members (excludes halogenated alkanes) is 1. The summed E-state index contributed by atoms with van der Waals surface area (Å²) in [5, 5.41) is 2.61. The van der Waals surface area contributed by atoms with Gasteiger partial charge in [0.1, 0.15) is 0 Å². The molecule has 1 amide bonds. The zero-order chi connectivity index (χ0) is 25.7. The first kappa shape index (κ1) is 31.0. The smallest absolute Gasteiger partial charge is 0.273 e. The van der Waals surface area contributed by atoms with Crippen molar-refractivity contribution in [2.24, 2.45) is 0 Å². The molecule has 0 aliphatic heterocycles. The van der Waals surface area contributed by atoms with Gasteiger partial charge < -0.3 is 38.2 Å². The van der Waals surface area contributed by atoms with Crippen LogP contribution in [0, 0.1) is 6.92 Å². The second-order valence-corrected chi connectivity index (χ2v) is 11.1. The van der Waals surface area contributed by atoms with E-state index in [0.29, 0.717) is 17.4 Å². The molecule has 10 nitrogen and oxygen atoms in total. The SMILES string of the molecule is CCCCC(NS(C)(=O)=O)[N+](C)(C)CCNC(=O)c1nc(Cl)c(N)nc1N.Cc1ccc2cc1-2.[Br-]. The number of hydrogen-bond acceptors (Lipinski definition) is 7. The summed E-state index contributed by atoms with van der Waals surface area (Å²) >= 11 is 5.79. The van der Waals surface area contributed by atoms with Gasteiger partial charge >= 0.3 is 0 Å². The van der Waals surface area contributed by atoms with Crippen LogP contribution in [0.2, 0.25) is 5.15 Å². The molecule has 0 saturated carbocycles. The van der Waals surface area contributed by atoms with Crippen LogP contribution in [0.3, 0.4) is 0 Å². The molecular formula is C22H35BrClN7O3S. The first-order valence-corrected chi connectivity index (χ1v) is 13.3. The van der Waals surface area contributed by atoms with Crippen molar-refractivity contribution in [2.45, 2.75) is 39.3 Å². The molecule has 3 rings (SSSR count). The van der Waals surface area contributed by atoms with E-state index in [1.807, 2.05) is 21.0 Å². The monoisotopic (exact) mass is 591 g/mol. The Morgan fingerprint density at radius 3 is 2.31 bits per heavy atom. The second kappa shape index (κ2) is 12.8. The number of rotatable bonds is 10. The molecule has 13 heteroatoms. The van der Waals surface area contributed by atoms with Crippen molar-refractivity contribution in [1.82, 2.24) is 20.0 Å². The fourth-order valence-corrected chi connectivity index (χ4v) is 4.43. The minimum absolute atomic E-state index is 0. The van der Waals surface area contributed by atoms with E-state index in [1.54, 1.807) is 0 Å². The van der Waals surface area contributed by atoms with E-state index in [9.17, 15) is 13.2 Å². The fourth-order valence-electron chi connectivity index (χ4n) is 3.40. The van der Waals surface area contributed by atoms with Crippen LogP contribution in [0.15, 0.2) is 18.2 Å². The molecule has 1 aromatic heterocycles. The molecule has 2 aliphatic rings. The Morgan fingerprint density at radius 1 is 1.20 bits per heavy atom. The van der Waals surface area contributed by atoms with Gasteiger partial charge in [-0.1, -0.05) is 37.1 Å². The standard InChI is InChI=1S/C15H28ClN7O3S.C7H6.BrH/c1-5-6-7-10(22-27(4,25)26)23(2,3)9-8-19-15(24)11-13(17)21-14(18)12(16)20-11;1-5-2-3-6-4-7(5)6;/h10,22H,5-9H2,1-4H3,(H4-,17,18,19,21,24);2-4H,1H3;1H. The molecule has 2 aliphatic carbocycles. The number of aryl methyl sites for hydroxylation is 1. The van der Waals surface area contributed by atoms with Crippen LogP contribution < -0.4 is 38.5 Å². The number of nitrogens with zero attached hydrogens (tertiary/aromatic N) is 3. The van der Waals surface area contributed by atoms with Crippen LogP contribution in [0.5, 0.6) is 0 Å². The molecule has 0 spiro atoms. The number of likely N-dealkylation sites (N-methyl/N-ethyl adjacent to an activating group) is 1. The van der Waals surface area contributed by atoms with Crippen molar-refractivity contribution in [3.05, 3.63) is 34.6 Å². The van der Waals surface area contributed by atoms with Crippen LogP contribution in [-0.2, 0) is 10.0 Å². The molecule has 1 unspecified atom stereocenters. The Morgan fingerprint density at radius 2 is 1.86 bits per heavy atom. The van der Waals surface area contributed by atoms with E-state index in [1.165, 1.54) is 16.7 Å². The van der Waals surface area contributed by atoms with Crippen molar-refractivity contribution in [2.75, 3.05) is 44.9 Å². The number of carbonyl (C=O) groups is 1. The predicted octanol–water partition coefficient (Wildman–Crippen LogP) is -0.854. The number of quaternary nitrogens is 1. The van der Waals surface area contributed by atoms with Gasteiger partial charge in [0, 0.05) is 6.42 Å². The maximum Gasteiger partial charge on any atom is 0.273 e. The number of sulfonamides is 1. The summed E-state index contributed by atoms with van der Waals surface area (Å²) in [4.78, 5) is 19.9. The van der Waals surface area contributed by atoms with E-state index >= 15 is 0 Å². The number of amides is 1. The minimum Gasteiger partial charge on any atom is -1.00 e. The predicted molar refractivity (Wildman–Crippen MR) is 137 cm³/mol. The third-order valence-electron chi connectivity index (χ3n) is 5.58. The number of nitrogens with two attached hydrogens (primary N) is 2. The third kappa shape index (κ3) is 9.53. The van der Waals surface area contributed by atoms with E-state index in [2.05, 4.69) is 45.1 Å². The molecule has 1 atom stereocenters. The van der Waals surface area contributed by atoms with E-state index in [4.69, 9.17) is 23.1 Å². The summed E-state index contributed by atoms with van der Waals surface area (Å²) in [6.07, 6.45) is 3.37. The highest BCUT2D eigenvalue weighted by Crippen LogP contribution is 2.37. The highest BCUT2D eigenvalue weighted by atomic mass is 79.9. The Kier molecular flexibility index (Phi) is 11.4. The number of carbonyl (C=O) groups excluding carboxylic acids is 1. The lowest BCUT2D eigenvalue weighted by molar-refractivity contribution is -0.916. The summed E-state index contributed by atoms with van der Waals surface area (Å²) in [6, 6.07) is 6.52. The molecule has 6 N–H and O–H groups in total. The molecule has 196 valence electrons. The molecule has 0 bridgehead atoms. The van der Waals surface area contributed by atoms with Crippen LogP contribution in [0.4, 0.5) is 11.6 Å². The number of nitrogen functional groups attached to an aromatic ring is 2. The largest absolute Gasteiger partial charge is 1.00 e. The minimum atomic E-state index is -3.35. The highest BCUT2D eigenvalue weighted by Gasteiger charge is 2.30. The Hall–Kier alpha value is -1.99. The highest BCUT2D eigenvalue weighted by molar-refractivity contribution is 7.88. The molecule has 1 heterocycles. The van der Waals surface area contributed by atoms with E-state index < -0.39 is 15.9 Å². The zero-order valence-electron chi connectivity index (χ0n) is 20.7. The molecule has 35 heavy (non-hydrogen) atoms. The number of benzene rings is 1. The summed E-state index contributed by atoms with van der Waals surface area (Å²) in [7, 11) is 0.453. The number of hydrogen-bond donors (Lipinski definition) is 4. The van der Waals surface area contributed by atoms with Crippen LogP contribution >= 0.6 is 11.6 Å². The second-order valence-electron chi connectivity index (χ2n) is 8.97. The Labute approximate surface area is 223 Å². The maximum absolute atomic E-state index is 12.3. The van der Waals surface area contributed by atoms with Crippen molar-refractivity contribution in [1.29, 1.82) is 0 Å². The fraction of sp³-hybridized carbons (Fsp3) is 0.500. The summed E-state index contributed by atoms with van der Waals surface area (Å²) in [5.74, 6) is -0.681. The lowest BCUT2D eigenvalue weighted by Crippen LogP contribution is -3.00. The number of nitrogens with one attached hydrogen (secondary N) is 2. The average Bonchev–Trinajstić information content (AvgIpc) is 3.43. The van der Waals surface area contributed by atoms with Crippen molar-refractivity contribution < 1.29 is 34.7 Å². The van der Waals surface area contributed by atoms with Crippen molar-refractivity contribution >= 4 is 39.2 Å². The zero-order valence-corrected chi connectivity index (χ0v) is 23.9. The lowest BCUT2D eigenvalue weighted by Gasteiger charge is -2.38. The molecule has 0 fully saturated rings. The Bertz CT molecular complexity index is 1150. The summed E-state index contributed by atoms with van der Waals surface area (Å²) in [5.41, 5.74) is 15.4. The van der Waals surface area contributed by atoms with E-state index in [-0.39, 0.29) is 52.2 Å². The maximum atomic E-state index is 12.3. The molecule has 0 aromatic carbocycles. The van der Waals surface area contributed by atoms with Gasteiger partial charge in [0.15, 0.2) is 28.6 Å². The normalized spacial score (nSPS) is 12.6. The first-order chi connectivity index (χ1) is 15.7. The van der Waals surface area contributed by atoms with Gasteiger partial charge in [-0.15, -0.1) is 0 Å². The topological polar surface area (TPSA) is 153 Å². The first-order valence-electron chi connectivity index (χ1n) is 11.0. The van der Waals surface area contributed by atoms with Gasteiger partial charge in [0.05, 0.1) is 33.4 Å². The average molecular weight is 593 g/mol. The summed E-state index contributed by atoms with van der Waals surface area (Å²) in [6.45, 7) is 4.95. The number of aromatic nitrogens is 2. The van der Waals surface area contributed by atoms with Crippen LogP contribution in [0.1, 0.15) is 42.2 Å². The molecule has 0 radical (unpaired) electrons. The van der Waals surface area contributed by atoms with Crippen LogP contribution in [0.25, 0.3) is 11.1 Å². The lowest BCUT2D eigenvalue weighted by atomic mass is 10.2. The quantitative estimate of drug-likeness (QED) is 0.177. The van der Waals surface area contributed by atoms with Gasteiger partial charge in [0.2, 0.25) is 10.0 Å². The summed E-state index contributed by atoms with van der Waals surface area (Å²) < 4.78 is 26.4. The molecule has 0 saturated heterocycles. The van der Waals surface area contributed by atoms with Gasteiger partial charge in [-0.2, -0.15) is 4.72 Å². The van der Waals surface area contributed by atoms with Crippen molar-refractivity contribution in [3.8, 4) is 11.1 Å². The number of halogens is 2. The number of fused-ring (bicyclic) bond motifs is 1. The Balaban J connectivity index is 0.000000641. The van der Waals surface area contributed by atoms with E-state index in [0.717, 1.165) is 19.1 Å². The third-order valence-corrected chi connectivity index (χ3v) is 6.56. The van der Waals surface area contributed by atoms with Gasteiger partial charge in [0.25, 0.3) is 5.91 Å². The number of anilines is 2. The van der Waals surface area contributed by atoms with Gasteiger partial charge in [-0.25, -0.2) is 18.4 Å². The molecule has 1 aromatic rings. The van der Waals surface area contributed by atoms with Gasteiger partial charge in [-0.3, -0.25) is 4.79 Å². The van der Waals surface area contributed by atoms with Gasteiger partial charge in [-0.05, 0) is 36.1 Å². The molecular weight excluding hydrogens is 558 g/mol.